The maximum absolute atomic E-state index is 12.6. The van der Waals surface area contributed by atoms with Gasteiger partial charge < -0.3 is 4.90 Å². The van der Waals surface area contributed by atoms with Gasteiger partial charge in [0.2, 0.25) is 5.91 Å². The predicted molar refractivity (Wildman–Crippen MR) is 72.8 cm³/mol. The Kier molecular flexibility index (Phi) is 3.95. The summed E-state index contributed by atoms with van der Waals surface area (Å²) in [6, 6.07) is 0.291. The van der Waals surface area contributed by atoms with E-state index in [1.54, 1.807) is 0 Å². The van der Waals surface area contributed by atoms with Crippen molar-refractivity contribution in [2.75, 3.05) is 7.05 Å². The molecular weight excluding hydrogens is 210 g/mol. The van der Waals surface area contributed by atoms with Crippen molar-refractivity contribution in [3.05, 3.63) is 0 Å². The number of rotatable bonds is 2. The highest BCUT2D eigenvalue weighted by Gasteiger charge is 2.45. The molecule has 1 fully saturated rings. The fourth-order valence-corrected chi connectivity index (χ4v) is 3.81. The van der Waals surface area contributed by atoms with Gasteiger partial charge in [-0.2, -0.15) is 0 Å². The number of hydrogen-bond acceptors (Lipinski definition) is 1. The summed E-state index contributed by atoms with van der Waals surface area (Å²) in [5.41, 5.74) is 0.125. The van der Waals surface area contributed by atoms with Crippen molar-refractivity contribution in [1.82, 2.24) is 4.90 Å². The molecule has 0 bridgehead atoms. The van der Waals surface area contributed by atoms with Crippen molar-refractivity contribution < 1.29 is 4.79 Å². The molecule has 100 valence electrons. The molecule has 1 rings (SSSR count). The molecule has 0 radical (unpaired) electrons. The molecule has 1 aliphatic rings. The third kappa shape index (κ3) is 3.23. The van der Waals surface area contributed by atoms with Crippen LogP contribution in [0.2, 0.25) is 0 Å². The lowest BCUT2D eigenvalue weighted by Crippen LogP contribution is -2.48. The highest BCUT2D eigenvalue weighted by molar-refractivity contribution is 5.82. The Morgan fingerprint density at radius 1 is 1.24 bits per heavy atom. The van der Waals surface area contributed by atoms with E-state index in [9.17, 15) is 4.79 Å². The van der Waals surface area contributed by atoms with E-state index >= 15 is 0 Å². The second-order valence-corrected chi connectivity index (χ2v) is 7.42. The predicted octanol–water partition coefficient (Wildman–Crippen LogP) is 3.71. The Labute approximate surface area is 107 Å². The molecule has 0 aromatic carbocycles. The lowest BCUT2D eigenvalue weighted by Gasteiger charge is -2.46. The highest BCUT2D eigenvalue weighted by Crippen LogP contribution is 2.49. The first-order valence-corrected chi connectivity index (χ1v) is 6.85. The minimum absolute atomic E-state index is 0.166. The summed E-state index contributed by atoms with van der Waals surface area (Å²) in [4.78, 5) is 14.5. The highest BCUT2D eigenvalue weighted by atomic mass is 16.2. The van der Waals surface area contributed by atoms with Gasteiger partial charge in [0.15, 0.2) is 0 Å². The third-order valence-corrected chi connectivity index (χ3v) is 4.18. The molecule has 17 heavy (non-hydrogen) atoms. The monoisotopic (exact) mass is 239 g/mol. The van der Waals surface area contributed by atoms with Gasteiger partial charge in [0.25, 0.3) is 0 Å². The van der Waals surface area contributed by atoms with Gasteiger partial charge in [-0.25, -0.2) is 0 Å². The SMILES string of the molecule is CC1CC(C)(C)CC(C)(C(=O)N(C)C(C)C)C1. The fraction of sp³-hybridized carbons (Fsp3) is 0.933. The second-order valence-electron chi connectivity index (χ2n) is 7.42. The van der Waals surface area contributed by atoms with Gasteiger partial charge in [-0.15, -0.1) is 0 Å². The zero-order valence-corrected chi connectivity index (χ0v) is 12.6. The summed E-state index contributed by atoms with van der Waals surface area (Å²) in [5.74, 6) is 0.973. The molecule has 2 nitrogen and oxygen atoms in total. The molecule has 1 amide bonds. The lowest BCUT2D eigenvalue weighted by atomic mass is 9.60. The van der Waals surface area contributed by atoms with Crippen molar-refractivity contribution in [2.24, 2.45) is 16.7 Å². The van der Waals surface area contributed by atoms with Crippen molar-refractivity contribution in [3.63, 3.8) is 0 Å². The van der Waals surface area contributed by atoms with Gasteiger partial charge in [0.05, 0.1) is 0 Å². The second kappa shape index (κ2) is 4.62. The van der Waals surface area contributed by atoms with E-state index in [0.29, 0.717) is 23.3 Å². The normalized spacial score (nSPS) is 32.6. The molecule has 2 atom stereocenters. The van der Waals surface area contributed by atoms with Crippen LogP contribution >= 0.6 is 0 Å². The van der Waals surface area contributed by atoms with Crippen molar-refractivity contribution in [2.45, 2.75) is 66.8 Å². The lowest BCUT2D eigenvalue weighted by molar-refractivity contribution is -0.147. The first kappa shape index (κ1) is 14.5. The Bertz CT molecular complexity index is 295. The van der Waals surface area contributed by atoms with E-state index in [-0.39, 0.29) is 5.41 Å². The van der Waals surface area contributed by atoms with Crippen LogP contribution in [0.3, 0.4) is 0 Å². The van der Waals surface area contributed by atoms with Crippen LogP contribution in [0.25, 0.3) is 0 Å². The summed E-state index contributed by atoms with van der Waals surface area (Å²) in [5, 5.41) is 0. The Morgan fingerprint density at radius 3 is 2.18 bits per heavy atom. The first-order chi connectivity index (χ1) is 7.57. The van der Waals surface area contributed by atoms with Crippen LogP contribution in [0, 0.1) is 16.7 Å². The quantitative estimate of drug-likeness (QED) is 0.719. The van der Waals surface area contributed by atoms with Crippen molar-refractivity contribution in [3.8, 4) is 0 Å². The molecule has 0 heterocycles. The van der Waals surface area contributed by atoms with Crippen molar-refractivity contribution >= 4 is 5.91 Å². The van der Waals surface area contributed by atoms with E-state index in [2.05, 4.69) is 41.5 Å². The zero-order chi connectivity index (χ0) is 13.4. The number of carbonyl (C=O) groups is 1. The minimum Gasteiger partial charge on any atom is -0.343 e. The van der Waals surface area contributed by atoms with E-state index in [4.69, 9.17) is 0 Å². The molecule has 0 spiro atoms. The Balaban J connectivity index is 2.90. The molecule has 0 aliphatic heterocycles. The van der Waals surface area contributed by atoms with E-state index < -0.39 is 0 Å². The maximum Gasteiger partial charge on any atom is 0.228 e. The van der Waals surface area contributed by atoms with Gasteiger partial charge in [-0.3, -0.25) is 4.79 Å². The summed E-state index contributed by atoms with van der Waals surface area (Å²) >= 11 is 0. The van der Waals surface area contributed by atoms with Gasteiger partial charge >= 0.3 is 0 Å². The molecule has 1 saturated carbocycles. The summed E-state index contributed by atoms with van der Waals surface area (Å²) in [6.07, 6.45) is 3.29. The summed E-state index contributed by atoms with van der Waals surface area (Å²) < 4.78 is 0. The number of amides is 1. The third-order valence-electron chi connectivity index (χ3n) is 4.18. The Hall–Kier alpha value is -0.530. The zero-order valence-electron chi connectivity index (χ0n) is 12.6. The molecule has 0 N–H and O–H groups in total. The summed E-state index contributed by atoms with van der Waals surface area (Å²) in [6.45, 7) is 13.2. The number of nitrogens with zero attached hydrogens (tertiary/aromatic N) is 1. The molecule has 0 saturated heterocycles. The van der Waals surface area contributed by atoms with Crippen LogP contribution < -0.4 is 0 Å². The number of carbonyl (C=O) groups excluding carboxylic acids is 1. The molecule has 0 aromatic heterocycles. The topological polar surface area (TPSA) is 20.3 Å². The standard InChI is InChI=1S/C15H29NO/c1-11(2)16(7)13(17)15(6)9-12(3)8-14(4,5)10-15/h11-12H,8-10H2,1-7H3. The van der Waals surface area contributed by atoms with Gasteiger partial charge in [-0.1, -0.05) is 27.7 Å². The molecular formula is C15H29NO. The van der Waals surface area contributed by atoms with Gasteiger partial charge in [0.1, 0.15) is 0 Å². The van der Waals surface area contributed by atoms with Crippen LogP contribution in [0.5, 0.6) is 0 Å². The minimum atomic E-state index is -0.166. The molecule has 2 unspecified atom stereocenters. The molecule has 1 aliphatic carbocycles. The van der Waals surface area contributed by atoms with E-state index in [1.807, 2.05) is 11.9 Å². The van der Waals surface area contributed by atoms with Crippen LogP contribution in [0.1, 0.15) is 60.8 Å². The molecule has 0 aromatic rings. The van der Waals surface area contributed by atoms with Crippen LogP contribution in [0.15, 0.2) is 0 Å². The van der Waals surface area contributed by atoms with E-state index in [0.717, 1.165) is 12.8 Å². The van der Waals surface area contributed by atoms with Crippen LogP contribution in [-0.4, -0.2) is 23.9 Å². The average molecular weight is 239 g/mol. The van der Waals surface area contributed by atoms with Gasteiger partial charge in [0, 0.05) is 18.5 Å². The number of hydrogen-bond donors (Lipinski definition) is 0. The van der Waals surface area contributed by atoms with Gasteiger partial charge in [-0.05, 0) is 44.4 Å². The fourth-order valence-electron chi connectivity index (χ4n) is 3.81. The van der Waals surface area contributed by atoms with Crippen LogP contribution in [-0.2, 0) is 4.79 Å². The van der Waals surface area contributed by atoms with Crippen molar-refractivity contribution in [1.29, 1.82) is 0 Å². The molecule has 2 heteroatoms. The smallest absolute Gasteiger partial charge is 0.228 e. The largest absolute Gasteiger partial charge is 0.343 e. The Morgan fingerprint density at radius 2 is 1.76 bits per heavy atom. The summed E-state index contributed by atoms with van der Waals surface area (Å²) in [7, 11) is 1.94. The van der Waals surface area contributed by atoms with Crippen LogP contribution in [0.4, 0.5) is 0 Å². The maximum atomic E-state index is 12.6. The van der Waals surface area contributed by atoms with E-state index in [1.165, 1.54) is 6.42 Å². The first-order valence-electron chi connectivity index (χ1n) is 6.85. The average Bonchev–Trinajstić information content (AvgIpc) is 2.11.